The fourth-order valence-corrected chi connectivity index (χ4v) is 4.15. The first-order valence-electron chi connectivity index (χ1n) is 13.2. The molecule has 0 fully saturated rings. The lowest BCUT2D eigenvalue weighted by molar-refractivity contribution is -0.120. The highest BCUT2D eigenvalue weighted by molar-refractivity contribution is 5.94. The molecule has 40 heavy (non-hydrogen) atoms. The predicted octanol–water partition coefficient (Wildman–Crippen LogP) is 0.495. The second-order valence-corrected chi connectivity index (χ2v) is 9.48. The Hall–Kier alpha value is -4.29. The molecular weight excluding hydrogens is 512 g/mol. The minimum absolute atomic E-state index is 0.156. The van der Waals surface area contributed by atoms with Gasteiger partial charge in [0.25, 0.3) is 5.91 Å². The van der Waals surface area contributed by atoms with Gasteiger partial charge >= 0.3 is 0 Å². The lowest BCUT2D eigenvalue weighted by Gasteiger charge is -2.12. The zero-order valence-electron chi connectivity index (χ0n) is 22.9. The number of carbonyl (C=O) groups is 3. The number of primary amides is 2. The topological polar surface area (TPSA) is 179 Å². The maximum atomic E-state index is 12.6. The standard InChI is InChI=1S/C28H38N8O4/c1-31-24(26(29)37)8-3-4-13-33-28(39)21-7-5-6-20(14-21)16-36-17-22(34-35-36)18-40-23-11-9-19(10-12-23)15-25(32-2)27(30)38/h5-7,9-12,14,17,24-25,31-32H,3-4,8,13,15-16,18H2,1-2H3,(H2,29,37)(H2,30,38)(H,33,39). The number of ether oxygens (including phenoxy) is 1. The highest BCUT2D eigenvalue weighted by Gasteiger charge is 2.14. The van der Waals surface area contributed by atoms with E-state index < -0.39 is 11.9 Å². The third-order valence-electron chi connectivity index (χ3n) is 6.46. The first kappa shape index (κ1) is 30.3. The average Bonchev–Trinajstić information content (AvgIpc) is 3.39. The van der Waals surface area contributed by atoms with Crippen molar-refractivity contribution in [2.45, 2.75) is 50.9 Å². The van der Waals surface area contributed by atoms with Gasteiger partial charge < -0.3 is 32.2 Å². The van der Waals surface area contributed by atoms with Crippen LogP contribution in [-0.2, 0) is 29.2 Å². The van der Waals surface area contributed by atoms with Gasteiger partial charge in [0.15, 0.2) is 0 Å². The predicted molar refractivity (Wildman–Crippen MR) is 150 cm³/mol. The molecule has 3 aromatic rings. The van der Waals surface area contributed by atoms with E-state index in [1.54, 1.807) is 31.0 Å². The number of likely N-dealkylation sites (N-methyl/N-ethyl adjacent to an activating group) is 2. The van der Waals surface area contributed by atoms with Crippen LogP contribution in [0.3, 0.4) is 0 Å². The first-order chi connectivity index (χ1) is 19.3. The van der Waals surface area contributed by atoms with E-state index >= 15 is 0 Å². The Balaban J connectivity index is 1.45. The second kappa shape index (κ2) is 15.3. The molecule has 1 aromatic heterocycles. The van der Waals surface area contributed by atoms with E-state index in [0.717, 1.165) is 24.0 Å². The minimum Gasteiger partial charge on any atom is -0.487 e. The van der Waals surface area contributed by atoms with Crippen LogP contribution in [-0.4, -0.2) is 65.4 Å². The van der Waals surface area contributed by atoms with E-state index in [1.165, 1.54) is 0 Å². The van der Waals surface area contributed by atoms with E-state index in [1.807, 2.05) is 42.5 Å². The SMILES string of the molecule is CNC(CCCCNC(=O)c1cccc(Cn2cc(COc3ccc(CC(NC)C(N)=O)cc3)nn2)c1)C(N)=O. The fraction of sp³-hybridized carbons (Fsp3) is 0.393. The van der Waals surface area contributed by atoms with E-state index in [-0.39, 0.29) is 24.5 Å². The van der Waals surface area contributed by atoms with E-state index in [4.69, 9.17) is 16.2 Å². The van der Waals surface area contributed by atoms with Crippen LogP contribution >= 0.6 is 0 Å². The Morgan fingerprint density at radius 1 is 0.950 bits per heavy atom. The lowest BCUT2D eigenvalue weighted by atomic mass is 10.1. The molecule has 12 heteroatoms. The van der Waals surface area contributed by atoms with Crippen LogP contribution in [0.15, 0.2) is 54.7 Å². The molecule has 0 aliphatic carbocycles. The molecule has 0 radical (unpaired) electrons. The van der Waals surface area contributed by atoms with Crippen LogP contribution in [0, 0.1) is 0 Å². The Bertz CT molecular complexity index is 1260. The molecule has 0 aliphatic rings. The monoisotopic (exact) mass is 550 g/mol. The van der Waals surface area contributed by atoms with Gasteiger partial charge in [-0.1, -0.05) is 29.5 Å². The largest absolute Gasteiger partial charge is 0.487 e. The van der Waals surface area contributed by atoms with Gasteiger partial charge in [0, 0.05) is 12.1 Å². The van der Waals surface area contributed by atoms with Gasteiger partial charge in [0.2, 0.25) is 11.8 Å². The molecule has 3 rings (SSSR count). The van der Waals surface area contributed by atoms with Crippen LogP contribution in [0.5, 0.6) is 5.75 Å². The second-order valence-electron chi connectivity index (χ2n) is 9.48. The third-order valence-corrected chi connectivity index (χ3v) is 6.46. The first-order valence-corrected chi connectivity index (χ1v) is 13.2. The molecule has 0 saturated heterocycles. The molecule has 2 unspecified atom stereocenters. The summed E-state index contributed by atoms with van der Waals surface area (Å²) in [6.45, 7) is 1.21. The summed E-state index contributed by atoms with van der Waals surface area (Å²) < 4.78 is 7.52. The van der Waals surface area contributed by atoms with Crippen molar-refractivity contribution in [3.8, 4) is 5.75 Å². The molecule has 3 amide bonds. The molecular formula is C28H38N8O4. The number of unbranched alkanes of at least 4 members (excludes halogenated alkanes) is 1. The van der Waals surface area contributed by atoms with Crippen molar-refractivity contribution in [3.05, 3.63) is 77.1 Å². The van der Waals surface area contributed by atoms with E-state index in [2.05, 4.69) is 26.3 Å². The van der Waals surface area contributed by atoms with Crippen molar-refractivity contribution < 1.29 is 19.1 Å². The Morgan fingerprint density at radius 2 is 1.68 bits per heavy atom. The molecule has 7 N–H and O–H groups in total. The highest BCUT2D eigenvalue weighted by atomic mass is 16.5. The quantitative estimate of drug-likeness (QED) is 0.151. The number of hydrogen-bond acceptors (Lipinski definition) is 8. The molecule has 0 bridgehead atoms. The molecule has 12 nitrogen and oxygen atoms in total. The molecule has 214 valence electrons. The van der Waals surface area contributed by atoms with Crippen LogP contribution in [0.25, 0.3) is 0 Å². The number of nitrogens with zero attached hydrogens (tertiary/aromatic N) is 3. The summed E-state index contributed by atoms with van der Waals surface area (Å²) in [6.07, 6.45) is 4.45. The summed E-state index contributed by atoms with van der Waals surface area (Å²) in [4.78, 5) is 35.3. The van der Waals surface area contributed by atoms with Gasteiger partial charge in [-0.3, -0.25) is 14.4 Å². The zero-order chi connectivity index (χ0) is 28.9. The van der Waals surface area contributed by atoms with Gasteiger partial charge in [0.1, 0.15) is 18.1 Å². The van der Waals surface area contributed by atoms with Crippen LogP contribution in [0.4, 0.5) is 0 Å². The number of aromatic nitrogens is 3. The number of carbonyl (C=O) groups excluding carboxylic acids is 3. The molecule has 2 aromatic carbocycles. The van der Waals surface area contributed by atoms with Gasteiger partial charge in [-0.2, -0.15) is 0 Å². The Labute approximate surface area is 233 Å². The molecule has 1 heterocycles. The van der Waals surface area contributed by atoms with Gasteiger partial charge in [-0.05, 0) is 75.2 Å². The summed E-state index contributed by atoms with van der Waals surface area (Å²) >= 11 is 0. The maximum absolute atomic E-state index is 12.6. The Kier molecular flexibility index (Phi) is 11.6. The Morgan fingerprint density at radius 3 is 2.35 bits per heavy atom. The van der Waals surface area contributed by atoms with Crippen molar-refractivity contribution >= 4 is 17.7 Å². The smallest absolute Gasteiger partial charge is 0.251 e. The number of nitrogens with two attached hydrogens (primary N) is 2. The van der Waals surface area contributed by atoms with Crippen molar-refractivity contribution in [2.75, 3.05) is 20.6 Å². The van der Waals surface area contributed by atoms with E-state index in [0.29, 0.717) is 42.9 Å². The van der Waals surface area contributed by atoms with Gasteiger partial charge in [-0.15, -0.1) is 5.10 Å². The molecule has 2 atom stereocenters. The minimum atomic E-state index is -0.422. The summed E-state index contributed by atoms with van der Waals surface area (Å²) in [5, 5.41) is 17.1. The van der Waals surface area contributed by atoms with Gasteiger partial charge in [-0.25, -0.2) is 4.68 Å². The van der Waals surface area contributed by atoms with Crippen molar-refractivity contribution in [1.82, 2.24) is 30.9 Å². The number of hydrogen-bond donors (Lipinski definition) is 5. The van der Waals surface area contributed by atoms with Crippen LogP contribution in [0.2, 0.25) is 0 Å². The summed E-state index contributed by atoms with van der Waals surface area (Å²) in [5.74, 6) is -0.249. The van der Waals surface area contributed by atoms with Crippen LogP contribution in [0.1, 0.15) is 46.4 Å². The summed E-state index contributed by atoms with van der Waals surface area (Å²) in [6, 6.07) is 14.0. The number of benzene rings is 2. The highest BCUT2D eigenvalue weighted by Crippen LogP contribution is 2.15. The zero-order valence-corrected chi connectivity index (χ0v) is 22.9. The summed E-state index contributed by atoms with van der Waals surface area (Å²) in [5.41, 5.74) is 13.8. The molecule has 0 spiro atoms. The lowest BCUT2D eigenvalue weighted by Crippen LogP contribution is -2.40. The van der Waals surface area contributed by atoms with Crippen LogP contribution < -0.4 is 32.2 Å². The third kappa shape index (κ3) is 9.47. The summed E-state index contributed by atoms with van der Waals surface area (Å²) in [7, 11) is 3.41. The number of nitrogens with one attached hydrogen (secondary N) is 3. The van der Waals surface area contributed by atoms with Crippen molar-refractivity contribution in [3.63, 3.8) is 0 Å². The maximum Gasteiger partial charge on any atom is 0.251 e. The number of rotatable bonds is 17. The normalized spacial score (nSPS) is 12.4. The average molecular weight is 551 g/mol. The van der Waals surface area contributed by atoms with Gasteiger partial charge in [0.05, 0.1) is 24.8 Å². The number of amides is 3. The van der Waals surface area contributed by atoms with Crippen molar-refractivity contribution in [1.29, 1.82) is 0 Å². The fourth-order valence-electron chi connectivity index (χ4n) is 4.15. The molecule has 0 saturated carbocycles. The van der Waals surface area contributed by atoms with Crippen molar-refractivity contribution in [2.24, 2.45) is 11.5 Å². The molecule has 0 aliphatic heterocycles. The van der Waals surface area contributed by atoms with E-state index in [9.17, 15) is 14.4 Å².